The van der Waals surface area contributed by atoms with E-state index in [1.54, 1.807) is 0 Å². The van der Waals surface area contributed by atoms with Crippen molar-refractivity contribution in [2.24, 2.45) is 5.73 Å². The Morgan fingerprint density at radius 1 is 1.14 bits per heavy atom. The number of hydrogen-bond donors (Lipinski definition) is 1. The molecule has 0 bridgehead atoms. The third-order valence-electron chi connectivity index (χ3n) is 4.42. The second-order valence-electron chi connectivity index (χ2n) is 6.60. The van der Waals surface area contributed by atoms with Crippen LogP contribution in [0.2, 0.25) is 0 Å². The fourth-order valence-corrected chi connectivity index (χ4v) is 3.25. The molecular formula is C19H22N2O. The molecule has 1 heterocycles. The fourth-order valence-electron chi connectivity index (χ4n) is 3.25. The topological polar surface area (TPSA) is 46.3 Å². The third kappa shape index (κ3) is 2.64. The third-order valence-corrected chi connectivity index (χ3v) is 4.42. The highest BCUT2D eigenvalue weighted by Crippen LogP contribution is 2.33. The summed E-state index contributed by atoms with van der Waals surface area (Å²) in [6.07, 6.45) is 0. The monoisotopic (exact) mass is 294 g/mol. The Bertz CT molecular complexity index is 689. The van der Waals surface area contributed by atoms with Crippen molar-refractivity contribution in [2.75, 3.05) is 6.54 Å². The Hall–Kier alpha value is -2.13. The maximum atomic E-state index is 12.8. The van der Waals surface area contributed by atoms with Crippen molar-refractivity contribution in [3.8, 4) is 0 Å². The molecule has 0 spiro atoms. The molecule has 22 heavy (non-hydrogen) atoms. The van der Waals surface area contributed by atoms with Crippen LogP contribution in [0.15, 0.2) is 48.5 Å². The van der Waals surface area contributed by atoms with Gasteiger partial charge in [-0.25, -0.2) is 0 Å². The summed E-state index contributed by atoms with van der Waals surface area (Å²) < 4.78 is 0. The van der Waals surface area contributed by atoms with Crippen LogP contribution in [-0.2, 0) is 18.5 Å². The molecule has 0 unspecified atom stereocenters. The van der Waals surface area contributed by atoms with Gasteiger partial charge in [0.25, 0.3) is 5.91 Å². The van der Waals surface area contributed by atoms with E-state index in [4.69, 9.17) is 5.73 Å². The largest absolute Gasteiger partial charge is 0.333 e. The molecule has 2 N–H and O–H groups in total. The molecule has 3 rings (SSSR count). The van der Waals surface area contributed by atoms with Crippen molar-refractivity contribution in [1.29, 1.82) is 0 Å². The first kappa shape index (κ1) is 14.8. The predicted molar refractivity (Wildman–Crippen MR) is 88.5 cm³/mol. The van der Waals surface area contributed by atoms with Crippen LogP contribution in [0, 0.1) is 0 Å². The number of carbonyl (C=O) groups is 1. The number of fused-ring (bicyclic) bond motifs is 1. The predicted octanol–water partition coefficient (Wildman–Crippen LogP) is 3.08. The van der Waals surface area contributed by atoms with Crippen LogP contribution >= 0.6 is 0 Å². The smallest absolute Gasteiger partial charge is 0.254 e. The fraction of sp³-hybridized carbons (Fsp3) is 0.316. The normalized spacial score (nSPS) is 16.2. The van der Waals surface area contributed by atoms with E-state index >= 15 is 0 Å². The molecular weight excluding hydrogens is 272 g/mol. The number of rotatable bonds is 2. The van der Waals surface area contributed by atoms with E-state index in [9.17, 15) is 4.79 Å². The standard InChI is InChI=1S/C19H22N2O/c1-19(2)13-21(12-16-5-3-4-6-17(16)19)18(22)15-9-7-14(11-20)8-10-15/h3-10H,11-13,20H2,1-2H3. The number of carbonyl (C=O) groups excluding carboxylic acids is 1. The van der Waals surface area contributed by atoms with Crippen LogP contribution < -0.4 is 5.73 Å². The Balaban J connectivity index is 1.88. The summed E-state index contributed by atoms with van der Waals surface area (Å²) >= 11 is 0. The van der Waals surface area contributed by atoms with E-state index in [2.05, 4.69) is 32.0 Å². The van der Waals surface area contributed by atoms with Crippen molar-refractivity contribution in [1.82, 2.24) is 4.90 Å². The lowest BCUT2D eigenvalue weighted by atomic mass is 9.78. The average Bonchev–Trinajstić information content (AvgIpc) is 2.53. The highest BCUT2D eigenvalue weighted by atomic mass is 16.2. The Morgan fingerprint density at radius 2 is 1.82 bits per heavy atom. The van der Waals surface area contributed by atoms with Gasteiger partial charge in [0.05, 0.1) is 0 Å². The van der Waals surface area contributed by atoms with Gasteiger partial charge < -0.3 is 10.6 Å². The van der Waals surface area contributed by atoms with E-state index in [1.807, 2.05) is 35.2 Å². The summed E-state index contributed by atoms with van der Waals surface area (Å²) in [7, 11) is 0. The van der Waals surface area contributed by atoms with Crippen LogP contribution in [0.4, 0.5) is 0 Å². The molecule has 0 saturated carbocycles. The number of nitrogens with zero attached hydrogens (tertiary/aromatic N) is 1. The molecule has 0 radical (unpaired) electrons. The molecule has 1 aliphatic heterocycles. The highest BCUT2D eigenvalue weighted by Gasteiger charge is 2.33. The lowest BCUT2D eigenvalue weighted by Crippen LogP contribution is -2.45. The molecule has 0 aliphatic carbocycles. The molecule has 0 aromatic heterocycles. The van der Waals surface area contributed by atoms with Gasteiger partial charge in [0.1, 0.15) is 0 Å². The van der Waals surface area contributed by atoms with E-state index in [-0.39, 0.29) is 11.3 Å². The van der Waals surface area contributed by atoms with Gasteiger partial charge in [-0.2, -0.15) is 0 Å². The molecule has 0 fully saturated rings. The van der Waals surface area contributed by atoms with Crippen LogP contribution in [0.1, 0.15) is 40.9 Å². The number of nitrogens with two attached hydrogens (primary N) is 1. The SMILES string of the molecule is CC1(C)CN(C(=O)c2ccc(CN)cc2)Cc2ccccc21. The zero-order valence-corrected chi connectivity index (χ0v) is 13.2. The molecule has 0 saturated heterocycles. The summed E-state index contributed by atoms with van der Waals surface area (Å²) in [6, 6.07) is 16.0. The van der Waals surface area contributed by atoms with Gasteiger partial charge in [-0.05, 0) is 28.8 Å². The first-order valence-electron chi connectivity index (χ1n) is 7.68. The van der Waals surface area contributed by atoms with Crippen molar-refractivity contribution >= 4 is 5.91 Å². The zero-order valence-electron chi connectivity index (χ0n) is 13.2. The van der Waals surface area contributed by atoms with Crippen LogP contribution in [0.3, 0.4) is 0 Å². The molecule has 1 amide bonds. The van der Waals surface area contributed by atoms with Gasteiger partial charge in [0.15, 0.2) is 0 Å². The average molecular weight is 294 g/mol. The van der Waals surface area contributed by atoms with Gasteiger partial charge in [-0.15, -0.1) is 0 Å². The van der Waals surface area contributed by atoms with Gasteiger partial charge in [-0.3, -0.25) is 4.79 Å². The minimum absolute atomic E-state index is 0.0261. The maximum absolute atomic E-state index is 12.8. The lowest BCUT2D eigenvalue weighted by Gasteiger charge is -2.40. The minimum atomic E-state index is -0.0261. The highest BCUT2D eigenvalue weighted by molar-refractivity contribution is 5.94. The van der Waals surface area contributed by atoms with Crippen molar-refractivity contribution in [2.45, 2.75) is 32.4 Å². The maximum Gasteiger partial charge on any atom is 0.254 e. The van der Waals surface area contributed by atoms with E-state index in [0.717, 1.165) is 17.7 Å². The zero-order chi connectivity index (χ0) is 15.7. The second kappa shape index (κ2) is 5.58. The molecule has 3 heteroatoms. The van der Waals surface area contributed by atoms with Crippen molar-refractivity contribution in [3.05, 3.63) is 70.8 Å². The number of amides is 1. The molecule has 3 nitrogen and oxygen atoms in total. The van der Waals surface area contributed by atoms with E-state index in [1.165, 1.54) is 11.1 Å². The summed E-state index contributed by atoms with van der Waals surface area (Å²) in [5, 5.41) is 0. The molecule has 0 atom stereocenters. The summed E-state index contributed by atoms with van der Waals surface area (Å²) in [6.45, 7) is 6.31. The summed E-state index contributed by atoms with van der Waals surface area (Å²) in [5.74, 6) is 0.0890. The van der Waals surface area contributed by atoms with Gasteiger partial charge in [0, 0.05) is 30.6 Å². The summed E-state index contributed by atoms with van der Waals surface area (Å²) in [5.41, 5.74) is 9.94. The molecule has 114 valence electrons. The Labute approximate surface area is 131 Å². The van der Waals surface area contributed by atoms with E-state index < -0.39 is 0 Å². The summed E-state index contributed by atoms with van der Waals surface area (Å²) in [4.78, 5) is 14.7. The van der Waals surface area contributed by atoms with Crippen molar-refractivity contribution in [3.63, 3.8) is 0 Å². The quantitative estimate of drug-likeness (QED) is 0.925. The first-order chi connectivity index (χ1) is 10.5. The molecule has 2 aromatic rings. The van der Waals surface area contributed by atoms with Crippen LogP contribution in [-0.4, -0.2) is 17.4 Å². The van der Waals surface area contributed by atoms with Crippen LogP contribution in [0.5, 0.6) is 0 Å². The number of benzene rings is 2. The van der Waals surface area contributed by atoms with Crippen molar-refractivity contribution < 1.29 is 4.79 Å². The first-order valence-corrected chi connectivity index (χ1v) is 7.68. The van der Waals surface area contributed by atoms with Gasteiger partial charge in [-0.1, -0.05) is 50.2 Å². The molecule has 1 aliphatic rings. The minimum Gasteiger partial charge on any atom is -0.333 e. The molecule has 2 aromatic carbocycles. The van der Waals surface area contributed by atoms with Crippen LogP contribution in [0.25, 0.3) is 0 Å². The number of hydrogen-bond acceptors (Lipinski definition) is 2. The van der Waals surface area contributed by atoms with E-state index in [0.29, 0.717) is 13.1 Å². The Morgan fingerprint density at radius 3 is 2.50 bits per heavy atom. The Kier molecular flexibility index (Phi) is 3.75. The second-order valence-corrected chi connectivity index (χ2v) is 6.60. The van der Waals surface area contributed by atoms with Gasteiger partial charge in [0.2, 0.25) is 0 Å². The van der Waals surface area contributed by atoms with Gasteiger partial charge >= 0.3 is 0 Å². The lowest BCUT2D eigenvalue weighted by molar-refractivity contribution is 0.0686.